The van der Waals surface area contributed by atoms with Crippen molar-refractivity contribution in [1.29, 1.82) is 0 Å². The Hall–Kier alpha value is -1.85. The standard InChI is InChI=1S/C13H21N3O3/c1-8-11(9(2)16(5)15-8)12(19)14-13(3,4)7-6-10(17)18/h6-7H2,1-5H3,(H,14,19)(H,17,18). The second-order valence-electron chi connectivity index (χ2n) is 5.40. The van der Waals surface area contributed by atoms with Crippen LogP contribution in [0.4, 0.5) is 0 Å². The molecule has 0 bridgehead atoms. The van der Waals surface area contributed by atoms with E-state index in [1.54, 1.807) is 18.7 Å². The van der Waals surface area contributed by atoms with Gasteiger partial charge < -0.3 is 10.4 Å². The average Bonchev–Trinajstić information content (AvgIpc) is 2.50. The molecule has 0 saturated heterocycles. The molecule has 19 heavy (non-hydrogen) atoms. The average molecular weight is 267 g/mol. The lowest BCUT2D eigenvalue weighted by molar-refractivity contribution is -0.137. The Labute approximate surface area is 112 Å². The van der Waals surface area contributed by atoms with E-state index in [1.165, 1.54) is 0 Å². The number of amides is 1. The van der Waals surface area contributed by atoms with Crippen molar-refractivity contribution >= 4 is 11.9 Å². The number of aryl methyl sites for hydroxylation is 2. The molecule has 0 aromatic carbocycles. The number of aromatic nitrogens is 2. The van der Waals surface area contributed by atoms with Crippen LogP contribution in [0.25, 0.3) is 0 Å². The fourth-order valence-corrected chi connectivity index (χ4v) is 1.95. The molecule has 106 valence electrons. The van der Waals surface area contributed by atoms with Gasteiger partial charge in [-0.3, -0.25) is 14.3 Å². The van der Waals surface area contributed by atoms with Crippen LogP contribution in [0, 0.1) is 13.8 Å². The van der Waals surface area contributed by atoms with E-state index in [2.05, 4.69) is 10.4 Å². The Morgan fingerprint density at radius 2 is 1.95 bits per heavy atom. The van der Waals surface area contributed by atoms with E-state index in [0.717, 1.165) is 5.69 Å². The summed E-state index contributed by atoms with van der Waals surface area (Å²) in [5, 5.41) is 15.8. The van der Waals surface area contributed by atoms with E-state index in [0.29, 0.717) is 17.7 Å². The molecule has 1 heterocycles. The first-order valence-corrected chi connectivity index (χ1v) is 6.18. The van der Waals surface area contributed by atoms with Crippen LogP contribution in [0.5, 0.6) is 0 Å². The lowest BCUT2D eigenvalue weighted by atomic mass is 9.97. The molecule has 1 amide bonds. The topological polar surface area (TPSA) is 84.2 Å². The van der Waals surface area contributed by atoms with Crippen LogP contribution in [-0.2, 0) is 11.8 Å². The van der Waals surface area contributed by atoms with E-state index < -0.39 is 11.5 Å². The first-order valence-electron chi connectivity index (χ1n) is 6.18. The largest absolute Gasteiger partial charge is 0.481 e. The molecular formula is C13H21N3O3. The second kappa shape index (κ2) is 5.42. The maximum atomic E-state index is 12.2. The van der Waals surface area contributed by atoms with Crippen molar-refractivity contribution in [3.63, 3.8) is 0 Å². The number of carbonyl (C=O) groups excluding carboxylic acids is 1. The SMILES string of the molecule is Cc1nn(C)c(C)c1C(=O)NC(C)(C)CCC(=O)O. The minimum Gasteiger partial charge on any atom is -0.481 e. The third-order valence-electron chi connectivity index (χ3n) is 3.15. The van der Waals surface area contributed by atoms with Crippen LogP contribution in [0.3, 0.4) is 0 Å². The van der Waals surface area contributed by atoms with Crippen LogP contribution in [-0.4, -0.2) is 32.3 Å². The predicted octanol–water partition coefficient (Wildman–Crippen LogP) is 1.41. The van der Waals surface area contributed by atoms with Crippen molar-refractivity contribution in [1.82, 2.24) is 15.1 Å². The van der Waals surface area contributed by atoms with Crippen molar-refractivity contribution in [3.05, 3.63) is 17.0 Å². The van der Waals surface area contributed by atoms with Crippen molar-refractivity contribution < 1.29 is 14.7 Å². The smallest absolute Gasteiger partial charge is 0.303 e. The molecule has 0 atom stereocenters. The Balaban J connectivity index is 2.81. The maximum absolute atomic E-state index is 12.2. The number of nitrogens with one attached hydrogen (secondary N) is 1. The number of rotatable bonds is 5. The number of hydrogen-bond acceptors (Lipinski definition) is 3. The minimum atomic E-state index is -0.865. The molecule has 6 heteroatoms. The summed E-state index contributed by atoms with van der Waals surface area (Å²) in [4.78, 5) is 22.8. The third kappa shape index (κ3) is 3.81. The number of carboxylic acid groups (broad SMARTS) is 1. The van der Waals surface area contributed by atoms with E-state index in [-0.39, 0.29) is 12.3 Å². The zero-order valence-corrected chi connectivity index (χ0v) is 12.1. The van der Waals surface area contributed by atoms with Gasteiger partial charge in [0.15, 0.2) is 0 Å². The van der Waals surface area contributed by atoms with Gasteiger partial charge in [-0.25, -0.2) is 0 Å². The Morgan fingerprint density at radius 1 is 1.37 bits per heavy atom. The number of nitrogens with zero attached hydrogens (tertiary/aromatic N) is 2. The van der Waals surface area contributed by atoms with Gasteiger partial charge in [-0.15, -0.1) is 0 Å². The molecule has 0 radical (unpaired) electrons. The summed E-state index contributed by atoms with van der Waals surface area (Å²) in [6.45, 7) is 7.25. The van der Waals surface area contributed by atoms with Crippen LogP contribution < -0.4 is 5.32 Å². The van der Waals surface area contributed by atoms with Crippen molar-refractivity contribution in [2.75, 3.05) is 0 Å². The Bertz CT molecular complexity index is 503. The zero-order chi connectivity index (χ0) is 14.8. The summed E-state index contributed by atoms with van der Waals surface area (Å²) in [5.41, 5.74) is 1.46. The quantitative estimate of drug-likeness (QED) is 0.844. The summed E-state index contributed by atoms with van der Waals surface area (Å²) in [5.74, 6) is -1.07. The van der Waals surface area contributed by atoms with E-state index in [1.807, 2.05) is 20.8 Å². The lowest BCUT2D eigenvalue weighted by Crippen LogP contribution is -2.44. The molecule has 0 aliphatic carbocycles. The molecule has 1 aromatic heterocycles. The molecule has 0 saturated carbocycles. The maximum Gasteiger partial charge on any atom is 0.303 e. The van der Waals surface area contributed by atoms with Gasteiger partial charge in [-0.1, -0.05) is 0 Å². The van der Waals surface area contributed by atoms with E-state index in [4.69, 9.17) is 5.11 Å². The molecule has 0 spiro atoms. The Morgan fingerprint density at radius 3 is 2.37 bits per heavy atom. The summed E-state index contributed by atoms with van der Waals surface area (Å²) >= 11 is 0. The van der Waals surface area contributed by atoms with Crippen molar-refractivity contribution in [2.45, 2.75) is 46.1 Å². The van der Waals surface area contributed by atoms with Crippen LogP contribution >= 0.6 is 0 Å². The molecule has 6 nitrogen and oxygen atoms in total. The van der Waals surface area contributed by atoms with Gasteiger partial charge in [0.1, 0.15) is 0 Å². The molecule has 0 aliphatic rings. The third-order valence-corrected chi connectivity index (χ3v) is 3.15. The lowest BCUT2D eigenvalue weighted by Gasteiger charge is -2.25. The highest BCUT2D eigenvalue weighted by atomic mass is 16.4. The molecular weight excluding hydrogens is 246 g/mol. The molecule has 2 N–H and O–H groups in total. The molecule has 1 rings (SSSR count). The fraction of sp³-hybridized carbons (Fsp3) is 0.615. The number of carboxylic acids is 1. The van der Waals surface area contributed by atoms with Gasteiger partial charge in [0.25, 0.3) is 5.91 Å². The van der Waals surface area contributed by atoms with Gasteiger partial charge in [-0.2, -0.15) is 5.10 Å². The molecule has 1 aromatic rings. The zero-order valence-electron chi connectivity index (χ0n) is 12.1. The van der Waals surface area contributed by atoms with Crippen LogP contribution in [0.15, 0.2) is 0 Å². The minimum absolute atomic E-state index is 0.0261. The monoisotopic (exact) mass is 267 g/mol. The highest BCUT2D eigenvalue weighted by molar-refractivity contribution is 5.96. The second-order valence-corrected chi connectivity index (χ2v) is 5.40. The first kappa shape index (κ1) is 15.2. The van der Waals surface area contributed by atoms with Gasteiger partial charge in [0, 0.05) is 24.7 Å². The normalized spacial score (nSPS) is 11.4. The van der Waals surface area contributed by atoms with Crippen molar-refractivity contribution in [3.8, 4) is 0 Å². The van der Waals surface area contributed by atoms with E-state index >= 15 is 0 Å². The summed E-state index contributed by atoms with van der Waals surface area (Å²) in [6, 6.07) is 0. The molecule has 0 aliphatic heterocycles. The highest BCUT2D eigenvalue weighted by Crippen LogP contribution is 2.16. The molecule has 0 fully saturated rings. The van der Waals surface area contributed by atoms with E-state index in [9.17, 15) is 9.59 Å². The summed E-state index contributed by atoms with van der Waals surface area (Å²) in [6.07, 6.45) is 0.407. The number of hydrogen-bond donors (Lipinski definition) is 2. The van der Waals surface area contributed by atoms with Gasteiger partial charge in [0.05, 0.1) is 11.3 Å². The van der Waals surface area contributed by atoms with Gasteiger partial charge in [0.2, 0.25) is 0 Å². The summed E-state index contributed by atoms with van der Waals surface area (Å²) < 4.78 is 1.66. The van der Waals surface area contributed by atoms with Gasteiger partial charge in [-0.05, 0) is 34.1 Å². The fourth-order valence-electron chi connectivity index (χ4n) is 1.95. The summed E-state index contributed by atoms with van der Waals surface area (Å²) in [7, 11) is 1.79. The van der Waals surface area contributed by atoms with Crippen molar-refractivity contribution in [2.24, 2.45) is 7.05 Å². The van der Waals surface area contributed by atoms with Crippen LogP contribution in [0.2, 0.25) is 0 Å². The number of carbonyl (C=O) groups is 2. The molecule has 0 unspecified atom stereocenters. The predicted molar refractivity (Wildman–Crippen MR) is 71.1 cm³/mol. The highest BCUT2D eigenvalue weighted by Gasteiger charge is 2.25. The first-order chi connectivity index (χ1) is 8.64. The van der Waals surface area contributed by atoms with Crippen LogP contribution in [0.1, 0.15) is 48.4 Å². The van der Waals surface area contributed by atoms with Gasteiger partial charge >= 0.3 is 5.97 Å². The Kier molecular flexibility index (Phi) is 4.34. The number of aliphatic carboxylic acids is 1.